The van der Waals surface area contributed by atoms with Crippen molar-refractivity contribution in [2.75, 3.05) is 34.3 Å². The summed E-state index contributed by atoms with van der Waals surface area (Å²) in [6, 6.07) is 14.1. The van der Waals surface area contributed by atoms with E-state index in [-0.39, 0.29) is 17.6 Å². The minimum atomic E-state index is 0.0525. The van der Waals surface area contributed by atoms with E-state index in [2.05, 4.69) is 24.9 Å². The van der Waals surface area contributed by atoms with Crippen molar-refractivity contribution < 1.29 is 18.9 Å². The van der Waals surface area contributed by atoms with Crippen LogP contribution in [0.5, 0.6) is 23.5 Å². The maximum absolute atomic E-state index is 6.76. The van der Waals surface area contributed by atoms with E-state index in [0.29, 0.717) is 102 Å². The van der Waals surface area contributed by atoms with Crippen LogP contribution >= 0.6 is 11.6 Å². The highest BCUT2D eigenvalue weighted by molar-refractivity contribution is 6.23. The first-order valence-corrected chi connectivity index (χ1v) is 15.9. The third-order valence-corrected chi connectivity index (χ3v) is 8.26. The second-order valence-electron chi connectivity index (χ2n) is 11.0. The molecule has 8 heterocycles. The van der Waals surface area contributed by atoms with E-state index >= 15 is 0 Å². The number of hydrogen-bond donors (Lipinski definition) is 3. The molecule has 8 rings (SSSR count). The minimum absolute atomic E-state index is 0.0525. The van der Waals surface area contributed by atoms with E-state index in [1.807, 2.05) is 18.2 Å². The molecule has 0 unspecified atom stereocenters. The van der Waals surface area contributed by atoms with Crippen LogP contribution in [-0.2, 0) is 0 Å². The SMILES string of the molecule is COc1ccc2c(n1)C1=NC2=Nc2[nH]c(c3ccc(OC)nc23)N=C(N)c2nc(OC)ccc2/C(=C/CCl)N=c2[nH]c(c3ccc(OC)nc23)=N1. The van der Waals surface area contributed by atoms with Crippen molar-refractivity contribution in [2.24, 2.45) is 30.7 Å². The van der Waals surface area contributed by atoms with Gasteiger partial charge in [0, 0.05) is 52.0 Å². The van der Waals surface area contributed by atoms with Gasteiger partial charge in [-0.05, 0) is 30.3 Å². The minimum Gasteiger partial charge on any atom is -0.481 e. The highest BCUT2D eigenvalue weighted by atomic mass is 35.5. The van der Waals surface area contributed by atoms with E-state index in [1.54, 1.807) is 36.4 Å². The smallest absolute Gasteiger partial charge is 0.213 e. The predicted molar refractivity (Wildman–Crippen MR) is 191 cm³/mol. The molecule has 0 amide bonds. The van der Waals surface area contributed by atoms with Gasteiger partial charge in [0.1, 0.15) is 33.7 Å². The fourth-order valence-corrected chi connectivity index (χ4v) is 5.85. The molecule has 51 heavy (non-hydrogen) atoms. The summed E-state index contributed by atoms with van der Waals surface area (Å²) in [6.45, 7) is 0. The molecule has 0 atom stereocenters. The van der Waals surface area contributed by atoms with Crippen molar-refractivity contribution in [3.63, 3.8) is 0 Å². The lowest BCUT2D eigenvalue weighted by Crippen LogP contribution is -2.18. The molecule has 6 bridgehead atoms. The van der Waals surface area contributed by atoms with Gasteiger partial charge in [-0.3, -0.25) is 0 Å². The number of nitrogens with two attached hydrogens (primary N) is 1. The summed E-state index contributed by atoms with van der Waals surface area (Å²) < 4.78 is 21.8. The molecule has 0 saturated carbocycles. The molecule has 0 saturated heterocycles. The van der Waals surface area contributed by atoms with Crippen molar-refractivity contribution in [3.8, 4) is 23.5 Å². The topological polar surface area (TPSA) is 208 Å². The Morgan fingerprint density at radius 1 is 0.588 bits per heavy atom. The standard InChI is InChI=1S/C34H27ClN12O4/c1-48-20-9-5-15-19(13-14-35)37-32-25-17(7-11-21(39-25)49-2)30(44-32)45-34-27-18(8-12-23(41-27)51-4)31(47-34)46-33-26-16(6-10-22(40-26)50-3)29(43-33)42-28(36)24(15)38-20/h5-13,43H,14H2,1-4H3,(H2,36,42)(H,37,44,45,46,47)/b19-13-. The zero-order valence-electron chi connectivity index (χ0n) is 27.5. The maximum Gasteiger partial charge on any atom is 0.213 e. The summed E-state index contributed by atoms with van der Waals surface area (Å²) >= 11 is 6.31. The Kier molecular flexibility index (Phi) is 7.83. The van der Waals surface area contributed by atoms with Gasteiger partial charge in [0.05, 0.1) is 34.1 Å². The Balaban J connectivity index is 1.51. The number of pyridine rings is 4. The van der Waals surface area contributed by atoms with Gasteiger partial charge in [-0.25, -0.2) is 44.9 Å². The Morgan fingerprint density at radius 3 is 1.92 bits per heavy atom. The van der Waals surface area contributed by atoms with E-state index < -0.39 is 0 Å². The number of amidine groups is 3. The number of alkyl halides is 1. The van der Waals surface area contributed by atoms with Gasteiger partial charge in [0.15, 0.2) is 28.8 Å². The number of halogens is 1. The summed E-state index contributed by atoms with van der Waals surface area (Å²) in [6.07, 6.45) is 1.73. The molecule has 0 aromatic carbocycles. The number of H-pyrrole nitrogens is 2. The largest absolute Gasteiger partial charge is 0.481 e. The first kappa shape index (κ1) is 31.6. The van der Waals surface area contributed by atoms with Gasteiger partial charge in [-0.2, -0.15) is 0 Å². The number of ether oxygens (including phenoxy) is 4. The Hall–Kier alpha value is -6.68. The van der Waals surface area contributed by atoms with Gasteiger partial charge < -0.3 is 34.6 Å². The Morgan fingerprint density at radius 2 is 1.22 bits per heavy atom. The summed E-state index contributed by atoms with van der Waals surface area (Å²) in [7, 11) is 6.12. The molecule has 2 aliphatic rings. The van der Waals surface area contributed by atoms with Gasteiger partial charge in [0.2, 0.25) is 23.5 Å². The molecular weight excluding hydrogens is 676 g/mol. The van der Waals surface area contributed by atoms with E-state index in [1.165, 1.54) is 28.4 Å². The van der Waals surface area contributed by atoms with E-state index in [9.17, 15) is 0 Å². The normalized spacial score (nSPS) is 14.5. The van der Waals surface area contributed by atoms with Gasteiger partial charge in [-0.1, -0.05) is 0 Å². The fourth-order valence-electron chi connectivity index (χ4n) is 5.70. The summed E-state index contributed by atoms with van der Waals surface area (Å²) in [5.74, 6) is 2.93. The van der Waals surface area contributed by atoms with Crippen LogP contribution in [0.25, 0.3) is 27.5 Å². The molecule has 0 radical (unpaired) electrons. The molecule has 0 fully saturated rings. The van der Waals surface area contributed by atoms with Crippen LogP contribution in [0.1, 0.15) is 22.5 Å². The molecule has 254 valence electrons. The third kappa shape index (κ3) is 5.47. The van der Waals surface area contributed by atoms with Crippen molar-refractivity contribution in [2.45, 2.75) is 0 Å². The predicted octanol–water partition coefficient (Wildman–Crippen LogP) is 3.67. The molecule has 0 spiro atoms. The van der Waals surface area contributed by atoms with Crippen LogP contribution < -0.4 is 35.7 Å². The summed E-state index contributed by atoms with van der Waals surface area (Å²) in [5.41, 5.74) is 10.8. The number of allylic oxidation sites excluding steroid dienone is 1. The average molecular weight is 703 g/mol. The first-order chi connectivity index (χ1) is 24.9. The van der Waals surface area contributed by atoms with E-state index in [4.69, 9.17) is 66.2 Å². The van der Waals surface area contributed by atoms with Gasteiger partial charge in [-0.15, -0.1) is 11.6 Å². The van der Waals surface area contributed by atoms with Crippen molar-refractivity contribution in [1.29, 1.82) is 0 Å². The number of fused-ring (bicyclic) bond motifs is 15. The quantitative estimate of drug-likeness (QED) is 0.224. The van der Waals surface area contributed by atoms with Crippen molar-refractivity contribution >= 4 is 68.2 Å². The van der Waals surface area contributed by atoms with Crippen LogP contribution in [-0.4, -0.2) is 81.7 Å². The number of nitrogens with zero attached hydrogens (tertiary/aromatic N) is 9. The maximum atomic E-state index is 6.76. The summed E-state index contributed by atoms with van der Waals surface area (Å²) in [4.78, 5) is 49.8. The lowest BCUT2D eigenvalue weighted by atomic mass is 10.1. The summed E-state index contributed by atoms with van der Waals surface area (Å²) in [5, 5.41) is 1.26. The lowest BCUT2D eigenvalue weighted by Gasteiger charge is -2.11. The number of aromatic amines is 2. The molecule has 16 nitrogen and oxygen atoms in total. The van der Waals surface area contributed by atoms with Crippen LogP contribution in [0, 0.1) is 0 Å². The highest BCUT2D eigenvalue weighted by Crippen LogP contribution is 2.36. The molecule has 4 N–H and O–H groups in total. The average Bonchev–Trinajstić information content (AvgIpc) is 3.80. The lowest BCUT2D eigenvalue weighted by molar-refractivity contribution is 0.397. The Labute approximate surface area is 293 Å². The van der Waals surface area contributed by atoms with Crippen LogP contribution in [0.4, 0.5) is 11.6 Å². The molecule has 0 aliphatic carbocycles. The van der Waals surface area contributed by atoms with Gasteiger partial charge >= 0.3 is 0 Å². The van der Waals surface area contributed by atoms with Crippen LogP contribution in [0.3, 0.4) is 0 Å². The molecule has 2 aliphatic heterocycles. The highest BCUT2D eigenvalue weighted by Gasteiger charge is 2.26. The van der Waals surface area contributed by atoms with E-state index in [0.717, 1.165) is 0 Å². The van der Waals surface area contributed by atoms with Crippen molar-refractivity contribution in [1.82, 2.24) is 29.9 Å². The monoisotopic (exact) mass is 702 g/mol. The van der Waals surface area contributed by atoms with Crippen LogP contribution in [0.2, 0.25) is 0 Å². The second-order valence-corrected chi connectivity index (χ2v) is 11.3. The third-order valence-electron chi connectivity index (χ3n) is 8.10. The number of methoxy groups -OCH3 is 4. The van der Waals surface area contributed by atoms with Crippen molar-refractivity contribution in [3.05, 3.63) is 88.1 Å². The second kappa shape index (κ2) is 12.6. The molecular formula is C34H27ClN12O4. The number of rotatable bonds is 5. The first-order valence-electron chi connectivity index (χ1n) is 15.4. The Bertz CT molecular complexity index is 2660. The van der Waals surface area contributed by atoms with Gasteiger partial charge in [0.25, 0.3) is 0 Å². The fraction of sp³-hybridized carbons (Fsp3) is 0.147. The number of nitrogens with one attached hydrogen (secondary N) is 2. The number of aliphatic imine (C=N–C) groups is 3. The molecule has 6 aromatic rings. The number of aromatic nitrogens is 6. The molecule has 6 aromatic heterocycles. The zero-order chi connectivity index (χ0) is 35.2. The number of hydrogen-bond acceptors (Lipinski definition) is 14. The zero-order valence-corrected chi connectivity index (χ0v) is 28.3. The van der Waals surface area contributed by atoms with Crippen LogP contribution in [0.15, 0.2) is 79.6 Å². The molecule has 17 heteroatoms.